The molecule has 0 aliphatic rings. The molecule has 0 bridgehead atoms. The number of anilines is 1. The summed E-state index contributed by atoms with van der Waals surface area (Å²) in [5, 5.41) is 13.3. The summed E-state index contributed by atoms with van der Waals surface area (Å²) in [5.41, 5.74) is 6.05. The highest BCUT2D eigenvalue weighted by Crippen LogP contribution is 2.20. The van der Waals surface area contributed by atoms with Crippen molar-refractivity contribution in [2.24, 2.45) is 0 Å². The molecule has 2 aromatic carbocycles. The SMILES string of the molecule is COc1ccc(CCNC(=O)c2ccc([N+](=O)[O-])cc2N)c(F)c1. The van der Waals surface area contributed by atoms with Crippen LogP contribution in [0.25, 0.3) is 0 Å². The molecular formula is C16H16FN3O4. The number of nitrogens with one attached hydrogen (secondary N) is 1. The van der Waals surface area contributed by atoms with Crippen LogP contribution in [0.15, 0.2) is 36.4 Å². The van der Waals surface area contributed by atoms with Gasteiger partial charge < -0.3 is 15.8 Å². The number of carbonyl (C=O) groups is 1. The molecule has 7 nitrogen and oxygen atoms in total. The van der Waals surface area contributed by atoms with Crippen LogP contribution in [0.2, 0.25) is 0 Å². The molecule has 0 saturated carbocycles. The minimum atomic E-state index is -0.593. The summed E-state index contributed by atoms with van der Waals surface area (Å²) >= 11 is 0. The van der Waals surface area contributed by atoms with Gasteiger partial charge in [-0.2, -0.15) is 0 Å². The molecule has 0 heterocycles. The highest BCUT2D eigenvalue weighted by molar-refractivity contribution is 5.99. The summed E-state index contributed by atoms with van der Waals surface area (Å²) in [6.45, 7) is 0.193. The van der Waals surface area contributed by atoms with Crippen molar-refractivity contribution in [1.29, 1.82) is 0 Å². The maximum atomic E-state index is 13.8. The average Bonchev–Trinajstić information content (AvgIpc) is 2.55. The van der Waals surface area contributed by atoms with E-state index in [1.54, 1.807) is 12.1 Å². The van der Waals surface area contributed by atoms with Crippen molar-refractivity contribution < 1.29 is 18.8 Å². The lowest BCUT2D eigenvalue weighted by Crippen LogP contribution is -2.26. The molecule has 2 rings (SSSR count). The van der Waals surface area contributed by atoms with Crippen LogP contribution in [0.1, 0.15) is 15.9 Å². The molecule has 0 spiro atoms. The Morgan fingerprint density at radius 2 is 2.08 bits per heavy atom. The van der Waals surface area contributed by atoms with E-state index in [4.69, 9.17) is 10.5 Å². The van der Waals surface area contributed by atoms with E-state index in [9.17, 15) is 19.3 Å². The number of methoxy groups -OCH3 is 1. The number of amides is 1. The number of nitrogens with zero attached hydrogens (tertiary/aromatic N) is 1. The van der Waals surface area contributed by atoms with E-state index in [1.165, 1.54) is 25.3 Å². The first-order valence-electron chi connectivity index (χ1n) is 7.07. The van der Waals surface area contributed by atoms with E-state index in [0.29, 0.717) is 11.3 Å². The van der Waals surface area contributed by atoms with Gasteiger partial charge in [-0.05, 0) is 24.1 Å². The maximum absolute atomic E-state index is 13.8. The summed E-state index contributed by atoms with van der Waals surface area (Å²) in [5.74, 6) is -0.478. The van der Waals surface area contributed by atoms with Crippen LogP contribution < -0.4 is 15.8 Å². The summed E-state index contributed by atoms with van der Waals surface area (Å²) in [6, 6.07) is 8.10. The quantitative estimate of drug-likeness (QED) is 0.479. The number of hydrogen-bond donors (Lipinski definition) is 2. The number of ether oxygens (including phenoxy) is 1. The molecule has 0 saturated heterocycles. The third-order valence-electron chi connectivity index (χ3n) is 3.43. The fraction of sp³-hybridized carbons (Fsp3) is 0.188. The Kier molecular flexibility index (Phi) is 5.31. The Morgan fingerprint density at radius 1 is 1.33 bits per heavy atom. The first-order chi connectivity index (χ1) is 11.4. The second-order valence-corrected chi connectivity index (χ2v) is 4.99. The largest absolute Gasteiger partial charge is 0.497 e. The molecule has 0 unspecified atom stereocenters. The van der Waals surface area contributed by atoms with Gasteiger partial charge in [-0.15, -0.1) is 0 Å². The van der Waals surface area contributed by atoms with Crippen LogP contribution >= 0.6 is 0 Å². The Morgan fingerprint density at radius 3 is 2.67 bits per heavy atom. The van der Waals surface area contributed by atoms with E-state index in [1.807, 2.05) is 0 Å². The molecule has 8 heteroatoms. The predicted octanol–water partition coefficient (Wildman–Crippen LogP) is 2.30. The molecule has 0 radical (unpaired) electrons. The highest BCUT2D eigenvalue weighted by Gasteiger charge is 2.14. The molecule has 2 aromatic rings. The third-order valence-corrected chi connectivity index (χ3v) is 3.43. The Hall–Kier alpha value is -3.16. The van der Waals surface area contributed by atoms with E-state index in [-0.39, 0.29) is 29.9 Å². The van der Waals surface area contributed by atoms with Crippen LogP contribution in [0.4, 0.5) is 15.8 Å². The summed E-state index contributed by atoms with van der Waals surface area (Å²) in [4.78, 5) is 22.1. The first kappa shape index (κ1) is 17.2. The number of nitrogen functional groups attached to an aromatic ring is 1. The van der Waals surface area contributed by atoms with Crippen molar-refractivity contribution >= 4 is 17.3 Å². The molecule has 0 aromatic heterocycles. The molecule has 126 valence electrons. The van der Waals surface area contributed by atoms with Gasteiger partial charge in [-0.25, -0.2) is 4.39 Å². The van der Waals surface area contributed by atoms with Crippen molar-refractivity contribution in [2.45, 2.75) is 6.42 Å². The predicted molar refractivity (Wildman–Crippen MR) is 86.5 cm³/mol. The molecule has 24 heavy (non-hydrogen) atoms. The number of nitro benzene ring substituents is 1. The van der Waals surface area contributed by atoms with Crippen molar-refractivity contribution in [3.63, 3.8) is 0 Å². The van der Waals surface area contributed by atoms with Crippen LogP contribution in [-0.2, 0) is 6.42 Å². The zero-order valence-corrected chi connectivity index (χ0v) is 12.9. The van der Waals surface area contributed by atoms with Gasteiger partial charge in [0.2, 0.25) is 0 Å². The van der Waals surface area contributed by atoms with Crippen LogP contribution in [0.3, 0.4) is 0 Å². The second kappa shape index (κ2) is 7.40. The zero-order chi connectivity index (χ0) is 17.7. The lowest BCUT2D eigenvalue weighted by Gasteiger charge is -2.09. The minimum absolute atomic E-state index is 0.0114. The lowest BCUT2D eigenvalue weighted by atomic mass is 10.1. The van der Waals surface area contributed by atoms with Gasteiger partial charge in [-0.1, -0.05) is 6.07 Å². The molecule has 0 fully saturated rings. The number of carbonyl (C=O) groups excluding carboxylic acids is 1. The van der Waals surface area contributed by atoms with Gasteiger partial charge in [0.05, 0.1) is 23.3 Å². The minimum Gasteiger partial charge on any atom is -0.497 e. The number of nitro groups is 1. The number of hydrogen-bond acceptors (Lipinski definition) is 5. The topological polar surface area (TPSA) is 107 Å². The summed E-state index contributed by atoms with van der Waals surface area (Å²) in [7, 11) is 1.45. The van der Waals surface area contributed by atoms with Gasteiger partial charge >= 0.3 is 0 Å². The van der Waals surface area contributed by atoms with Gasteiger partial charge in [0, 0.05) is 24.7 Å². The zero-order valence-electron chi connectivity index (χ0n) is 12.9. The van der Waals surface area contributed by atoms with E-state index in [0.717, 1.165) is 6.07 Å². The normalized spacial score (nSPS) is 10.2. The average molecular weight is 333 g/mol. The maximum Gasteiger partial charge on any atom is 0.271 e. The van der Waals surface area contributed by atoms with E-state index in [2.05, 4.69) is 5.32 Å². The Labute approximate surface area is 137 Å². The number of rotatable bonds is 6. The Balaban J connectivity index is 1.97. The molecule has 1 amide bonds. The molecule has 0 atom stereocenters. The smallest absolute Gasteiger partial charge is 0.271 e. The number of non-ortho nitro benzene ring substituents is 1. The molecule has 3 N–H and O–H groups in total. The van der Waals surface area contributed by atoms with E-state index < -0.39 is 16.6 Å². The highest BCUT2D eigenvalue weighted by atomic mass is 19.1. The molecule has 0 aliphatic carbocycles. The number of nitrogens with two attached hydrogens (primary N) is 1. The fourth-order valence-electron chi connectivity index (χ4n) is 2.13. The standard InChI is InChI=1S/C16H16FN3O4/c1-24-12-4-2-10(14(17)9-12)6-7-19-16(21)13-5-3-11(20(22)23)8-15(13)18/h2-5,8-9H,6-7,18H2,1H3,(H,19,21). The van der Waals surface area contributed by atoms with Crippen LogP contribution in [0, 0.1) is 15.9 Å². The van der Waals surface area contributed by atoms with Gasteiger partial charge in [0.15, 0.2) is 0 Å². The summed E-state index contributed by atoms with van der Waals surface area (Å²) < 4.78 is 18.7. The van der Waals surface area contributed by atoms with Crippen molar-refractivity contribution in [3.05, 3.63) is 63.5 Å². The summed E-state index contributed by atoms with van der Waals surface area (Å²) in [6.07, 6.45) is 0.286. The first-order valence-corrected chi connectivity index (χ1v) is 7.07. The lowest BCUT2D eigenvalue weighted by molar-refractivity contribution is -0.384. The fourth-order valence-corrected chi connectivity index (χ4v) is 2.13. The van der Waals surface area contributed by atoms with Gasteiger partial charge in [0.25, 0.3) is 11.6 Å². The van der Waals surface area contributed by atoms with Gasteiger partial charge in [-0.3, -0.25) is 14.9 Å². The van der Waals surface area contributed by atoms with E-state index >= 15 is 0 Å². The van der Waals surface area contributed by atoms with Crippen LogP contribution in [0.5, 0.6) is 5.75 Å². The second-order valence-electron chi connectivity index (χ2n) is 4.99. The third kappa shape index (κ3) is 3.97. The van der Waals surface area contributed by atoms with Crippen molar-refractivity contribution in [1.82, 2.24) is 5.32 Å². The molecular weight excluding hydrogens is 317 g/mol. The van der Waals surface area contributed by atoms with Gasteiger partial charge in [0.1, 0.15) is 11.6 Å². The van der Waals surface area contributed by atoms with Crippen molar-refractivity contribution in [3.8, 4) is 5.75 Å². The van der Waals surface area contributed by atoms with Crippen LogP contribution in [-0.4, -0.2) is 24.5 Å². The number of halogens is 1. The monoisotopic (exact) mass is 333 g/mol. The Bertz CT molecular complexity index is 780. The molecule has 0 aliphatic heterocycles. The number of benzene rings is 2. The van der Waals surface area contributed by atoms with Crippen molar-refractivity contribution in [2.75, 3.05) is 19.4 Å².